The molecule has 2 N–H and O–H groups in total. The van der Waals surface area contributed by atoms with Crippen LogP contribution in [0.5, 0.6) is 0 Å². The zero-order chi connectivity index (χ0) is 19.9. The topological polar surface area (TPSA) is 105 Å². The first-order chi connectivity index (χ1) is 12.6. The zero-order valence-electron chi connectivity index (χ0n) is 14.8. The van der Waals surface area contributed by atoms with Gasteiger partial charge in [0.05, 0.1) is 21.5 Å². The van der Waals surface area contributed by atoms with Crippen LogP contribution in [0.3, 0.4) is 0 Å². The van der Waals surface area contributed by atoms with Crippen LogP contribution in [-0.4, -0.2) is 23.1 Å². The fraction of sp³-hybridized carbons (Fsp3) is 0.278. The smallest absolute Gasteiger partial charge is 0.325 e. The number of halogens is 2. The van der Waals surface area contributed by atoms with Crippen molar-refractivity contribution in [3.63, 3.8) is 0 Å². The van der Waals surface area contributed by atoms with E-state index in [0.29, 0.717) is 15.6 Å². The van der Waals surface area contributed by atoms with E-state index < -0.39 is 17.4 Å². The van der Waals surface area contributed by atoms with Gasteiger partial charge < -0.3 is 15.3 Å². The van der Waals surface area contributed by atoms with Crippen LogP contribution in [0.15, 0.2) is 18.3 Å². The van der Waals surface area contributed by atoms with E-state index in [1.54, 1.807) is 20.8 Å². The summed E-state index contributed by atoms with van der Waals surface area (Å²) >= 11 is 5.93. The highest BCUT2D eigenvalue weighted by Gasteiger charge is 2.23. The van der Waals surface area contributed by atoms with Crippen LogP contribution in [0.1, 0.15) is 26.3 Å². The van der Waals surface area contributed by atoms with Gasteiger partial charge in [-0.05, 0) is 26.8 Å². The molecule has 3 aromatic rings. The summed E-state index contributed by atoms with van der Waals surface area (Å²) in [4.78, 5) is 14.8. The maximum absolute atomic E-state index is 14.5. The number of aromatic amines is 1. The monoisotopic (exact) mass is 390 g/mol. The average molecular weight is 391 g/mol. The lowest BCUT2D eigenvalue weighted by Gasteiger charge is -2.19. The van der Waals surface area contributed by atoms with E-state index >= 15 is 0 Å². The Labute approximate surface area is 158 Å². The largest absolute Gasteiger partial charge is 0.711 e. The minimum atomic E-state index is -0.782. The van der Waals surface area contributed by atoms with E-state index in [4.69, 9.17) is 16.3 Å². The molecule has 0 saturated carbocycles. The first kappa shape index (κ1) is 18.7. The number of carbonyl (C=O) groups is 1. The lowest BCUT2D eigenvalue weighted by molar-refractivity contribution is -0.578. The van der Waals surface area contributed by atoms with Crippen molar-refractivity contribution in [1.82, 2.24) is 4.98 Å². The summed E-state index contributed by atoms with van der Waals surface area (Å²) in [7, 11) is 0. The summed E-state index contributed by atoms with van der Waals surface area (Å²) in [6.45, 7) is 4.99. The van der Waals surface area contributed by atoms with Crippen LogP contribution in [0.25, 0.3) is 21.9 Å². The lowest BCUT2D eigenvalue weighted by atomic mass is 10.1. The number of benzene rings is 1. The van der Waals surface area contributed by atoms with Crippen molar-refractivity contribution in [3.8, 4) is 6.07 Å². The van der Waals surface area contributed by atoms with Crippen molar-refractivity contribution in [2.75, 3.05) is 11.9 Å². The van der Waals surface area contributed by atoms with Gasteiger partial charge >= 0.3 is 5.97 Å². The molecule has 7 nitrogen and oxygen atoms in total. The Kier molecular flexibility index (Phi) is 4.57. The minimum Gasteiger partial charge on any atom is -0.711 e. The molecule has 140 valence electrons. The van der Waals surface area contributed by atoms with E-state index in [-0.39, 0.29) is 33.9 Å². The van der Waals surface area contributed by atoms with Gasteiger partial charge in [0.25, 0.3) is 5.65 Å². The normalized spacial score (nSPS) is 11.6. The van der Waals surface area contributed by atoms with Gasteiger partial charge in [-0.25, -0.2) is 14.1 Å². The summed E-state index contributed by atoms with van der Waals surface area (Å²) < 4.78 is 20.2. The maximum Gasteiger partial charge on any atom is 0.325 e. The number of carbonyl (C=O) groups excluding carboxylic acids is 1. The molecule has 0 aliphatic carbocycles. The third-order valence-corrected chi connectivity index (χ3v) is 3.95. The van der Waals surface area contributed by atoms with Crippen molar-refractivity contribution >= 4 is 45.2 Å². The second-order valence-electron chi connectivity index (χ2n) is 6.95. The fourth-order valence-corrected chi connectivity index (χ4v) is 3.01. The lowest BCUT2D eigenvalue weighted by Crippen LogP contribution is -2.28. The van der Waals surface area contributed by atoms with Crippen LogP contribution in [0.4, 0.5) is 10.1 Å². The third-order valence-electron chi connectivity index (χ3n) is 3.75. The van der Waals surface area contributed by atoms with Crippen molar-refractivity contribution in [3.05, 3.63) is 39.9 Å². The number of pyridine rings is 1. The summed E-state index contributed by atoms with van der Waals surface area (Å²) in [5.74, 6) is -1.31. The Morgan fingerprint density at radius 3 is 2.81 bits per heavy atom. The van der Waals surface area contributed by atoms with Gasteiger partial charge in [-0.15, -0.1) is 0 Å². The second-order valence-corrected chi connectivity index (χ2v) is 7.39. The van der Waals surface area contributed by atoms with E-state index in [9.17, 15) is 19.7 Å². The number of anilines is 1. The molecule has 2 aromatic heterocycles. The summed E-state index contributed by atoms with van der Waals surface area (Å²) in [5.41, 5.74) is -0.216. The van der Waals surface area contributed by atoms with Crippen LogP contribution in [0.2, 0.25) is 5.02 Å². The number of aromatic nitrogens is 2. The van der Waals surface area contributed by atoms with E-state index in [1.807, 2.05) is 6.07 Å². The predicted octanol–water partition coefficient (Wildman–Crippen LogP) is 3.37. The standard InChI is InChI=1S/C18H16ClFN4O3/c1-18(2,3)27-14(25)7-22-13-5-12(20)11(6-21)15-10-4-9(19)8-24(26)17(10)23-16(13)15/h4-5,8,22-23H,7H2,1-3H3. The van der Waals surface area contributed by atoms with Gasteiger partial charge in [-0.2, -0.15) is 5.26 Å². The molecule has 0 aliphatic heterocycles. The number of fused-ring (bicyclic) bond motifs is 3. The van der Waals surface area contributed by atoms with Gasteiger partial charge in [0.15, 0.2) is 5.52 Å². The molecular weight excluding hydrogens is 375 g/mol. The van der Waals surface area contributed by atoms with Crippen LogP contribution in [-0.2, 0) is 9.53 Å². The van der Waals surface area contributed by atoms with Gasteiger partial charge in [0, 0.05) is 6.07 Å². The first-order valence-corrected chi connectivity index (χ1v) is 8.41. The molecule has 2 heterocycles. The molecule has 0 saturated heterocycles. The fourth-order valence-electron chi connectivity index (χ4n) is 2.81. The third kappa shape index (κ3) is 3.59. The Morgan fingerprint density at radius 2 is 2.19 bits per heavy atom. The molecule has 0 bridgehead atoms. The molecule has 1 aromatic carbocycles. The number of hydrogen-bond donors (Lipinski definition) is 2. The predicted molar refractivity (Wildman–Crippen MR) is 98.8 cm³/mol. The molecule has 0 aliphatic rings. The van der Waals surface area contributed by atoms with Crippen molar-refractivity contribution in [2.45, 2.75) is 26.4 Å². The van der Waals surface area contributed by atoms with E-state index in [2.05, 4.69) is 10.3 Å². The second kappa shape index (κ2) is 6.59. The molecular formula is C18H16ClFN4O3. The number of rotatable bonds is 3. The summed E-state index contributed by atoms with van der Waals surface area (Å²) in [6, 6.07) is 4.38. The van der Waals surface area contributed by atoms with Gasteiger partial charge in [-0.1, -0.05) is 11.6 Å². The molecule has 0 amide bonds. The quantitative estimate of drug-likeness (QED) is 0.405. The number of ether oxygens (including phenoxy) is 1. The average Bonchev–Trinajstić information content (AvgIpc) is 2.91. The summed E-state index contributed by atoms with van der Waals surface area (Å²) in [6.07, 6.45) is 1.15. The molecule has 27 heavy (non-hydrogen) atoms. The van der Waals surface area contributed by atoms with Crippen molar-refractivity contribution in [2.24, 2.45) is 0 Å². The number of esters is 1. The first-order valence-electron chi connectivity index (χ1n) is 8.03. The van der Waals surface area contributed by atoms with Crippen molar-refractivity contribution < 1.29 is 18.7 Å². The molecule has 0 radical (unpaired) electrons. The van der Waals surface area contributed by atoms with Gasteiger partial charge in [0.2, 0.25) is 0 Å². The highest BCUT2D eigenvalue weighted by Crippen LogP contribution is 2.34. The molecule has 0 atom stereocenters. The number of nitrogens with zero attached hydrogens (tertiary/aromatic N) is 2. The maximum atomic E-state index is 14.5. The Morgan fingerprint density at radius 1 is 1.48 bits per heavy atom. The Bertz CT molecular complexity index is 1110. The summed E-state index contributed by atoms with van der Waals surface area (Å²) in [5, 5.41) is 24.9. The molecule has 0 fully saturated rings. The number of nitrogens with one attached hydrogen (secondary N) is 2. The van der Waals surface area contributed by atoms with Gasteiger partial charge in [-0.3, -0.25) is 4.79 Å². The Balaban J connectivity index is 2.13. The number of nitriles is 1. The molecule has 0 spiro atoms. The highest BCUT2D eigenvalue weighted by atomic mass is 35.5. The van der Waals surface area contributed by atoms with E-state index in [0.717, 1.165) is 12.3 Å². The highest BCUT2D eigenvalue weighted by molar-refractivity contribution is 6.31. The minimum absolute atomic E-state index is 0.122. The zero-order valence-corrected chi connectivity index (χ0v) is 15.6. The van der Waals surface area contributed by atoms with E-state index in [1.165, 1.54) is 6.07 Å². The molecule has 0 unspecified atom stereocenters. The number of H-pyrrole nitrogens is 1. The number of hydrogen-bond acceptors (Lipinski definition) is 5. The van der Waals surface area contributed by atoms with Crippen LogP contribution < -0.4 is 10.0 Å². The SMILES string of the molecule is CC(C)(C)OC(=O)CNc1cc(F)c(C#N)c2c1[nH]c1c2cc(Cl)c[n+]1[O-]. The van der Waals surface area contributed by atoms with Crippen molar-refractivity contribution in [1.29, 1.82) is 5.26 Å². The Hall–Kier alpha value is -3.05. The van der Waals surface area contributed by atoms with Crippen LogP contribution >= 0.6 is 11.6 Å². The molecule has 9 heteroatoms. The van der Waals surface area contributed by atoms with Gasteiger partial charge in [0.1, 0.15) is 35.8 Å². The van der Waals surface area contributed by atoms with Crippen LogP contribution in [0, 0.1) is 22.4 Å². The molecule has 3 rings (SSSR count).